The fourth-order valence-corrected chi connectivity index (χ4v) is 3.61. The molecule has 27 heavy (non-hydrogen) atoms. The lowest BCUT2D eigenvalue weighted by Gasteiger charge is -2.24. The van der Waals surface area contributed by atoms with Gasteiger partial charge in [0.1, 0.15) is 0 Å². The number of hydrogen-bond donors (Lipinski definition) is 0. The second kappa shape index (κ2) is 7.74. The zero-order chi connectivity index (χ0) is 19.7. The molecule has 0 bridgehead atoms. The van der Waals surface area contributed by atoms with E-state index >= 15 is 0 Å². The first-order valence-corrected chi connectivity index (χ1v) is 9.25. The first-order chi connectivity index (χ1) is 12.8. The third-order valence-electron chi connectivity index (χ3n) is 4.74. The summed E-state index contributed by atoms with van der Waals surface area (Å²) >= 11 is 12.1. The molecule has 0 radical (unpaired) electrons. The van der Waals surface area contributed by atoms with Gasteiger partial charge in [0.25, 0.3) is 5.56 Å². The van der Waals surface area contributed by atoms with Crippen molar-refractivity contribution >= 4 is 35.2 Å². The van der Waals surface area contributed by atoms with Crippen LogP contribution in [0.1, 0.15) is 30.0 Å². The molecular formula is C19H19Cl2N3O3. The molecule has 1 fully saturated rings. The van der Waals surface area contributed by atoms with E-state index in [0.29, 0.717) is 16.6 Å². The van der Waals surface area contributed by atoms with Crippen LogP contribution < -0.4 is 11.2 Å². The van der Waals surface area contributed by atoms with Gasteiger partial charge in [0.05, 0.1) is 21.7 Å². The fraction of sp³-hybridized carbons (Fsp3) is 0.316. The average Bonchev–Trinajstić information content (AvgIpc) is 3.13. The van der Waals surface area contributed by atoms with Crippen LogP contribution in [0.4, 0.5) is 0 Å². The maximum absolute atomic E-state index is 12.7. The third kappa shape index (κ3) is 3.87. The Morgan fingerprint density at radius 1 is 1.19 bits per heavy atom. The van der Waals surface area contributed by atoms with E-state index in [9.17, 15) is 14.4 Å². The Hall–Kier alpha value is -2.31. The summed E-state index contributed by atoms with van der Waals surface area (Å²) in [5, 5.41) is 0.930. The molecule has 0 aliphatic carbocycles. The summed E-state index contributed by atoms with van der Waals surface area (Å²) in [6.45, 7) is 0.624. The quantitative estimate of drug-likeness (QED) is 0.734. The molecule has 2 aromatic rings. The van der Waals surface area contributed by atoms with Gasteiger partial charge in [-0.3, -0.25) is 14.2 Å². The molecule has 0 saturated carbocycles. The number of likely N-dealkylation sites (tertiary alicyclic amines) is 1. The van der Waals surface area contributed by atoms with Crippen LogP contribution in [0, 0.1) is 0 Å². The highest BCUT2D eigenvalue weighted by molar-refractivity contribution is 6.42. The highest BCUT2D eigenvalue weighted by atomic mass is 35.5. The summed E-state index contributed by atoms with van der Waals surface area (Å²) in [7, 11) is 2.96. The molecule has 1 atom stereocenters. The Kier molecular flexibility index (Phi) is 5.58. The van der Waals surface area contributed by atoms with E-state index in [1.165, 1.54) is 30.0 Å². The maximum Gasteiger partial charge on any atom is 0.330 e. The van der Waals surface area contributed by atoms with E-state index < -0.39 is 11.2 Å². The molecule has 3 rings (SSSR count). The van der Waals surface area contributed by atoms with Gasteiger partial charge in [-0.05, 0) is 36.6 Å². The number of amides is 1. The molecule has 8 heteroatoms. The van der Waals surface area contributed by atoms with Gasteiger partial charge in [0.2, 0.25) is 5.91 Å². The number of carbonyl (C=O) groups is 1. The van der Waals surface area contributed by atoms with Crippen LogP contribution in [0.2, 0.25) is 10.0 Å². The number of nitrogens with zero attached hydrogens (tertiary/aromatic N) is 3. The number of hydrogen-bond acceptors (Lipinski definition) is 3. The van der Waals surface area contributed by atoms with Crippen molar-refractivity contribution in [3.05, 3.63) is 72.5 Å². The van der Waals surface area contributed by atoms with Crippen LogP contribution in [0.3, 0.4) is 0 Å². The molecule has 1 aliphatic rings. The van der Waals surface area contributed by atoms with Crippen molar-refractivity contribution in [3.63, 3.8) is 0 Å². The van der Waals surface area contributed by atoms with Crippen LogP contribution in [-0.2, 0) is 18.9 Å². The van der Waals surface area contributed by atoms with Crippen molar-refractivity contribution in [1.82, 2.24) is 14.0 Å². The molecule has 2 heterocycles. The van der Waals surface area contributed by atoms with E-state index in [2.05, 4.69) is 0 Å². The predicted molar refractivity (Wildman–Crippen MR) is 106 cm³/mol. The van der Waals surface area contributed by atoms with Gasteiger partial charge in [-0.15, -0.1) is 0 Å². The summed E-state index contributed by atoms with van der Waals surface area (Å²) in [4.78, 5) is 38.4. The molecular weight excluding hydrogens is 389 g/mol. The van der Waals surface area contributed by atoms with Gasteiger partial charge in [-0.1, -0.05) is 29.3 Å². The number of carbonyl (C=O) groups excluding carboxylic acids is 1. The normalized spacial score (nSPS) is 17.0. The largest absolute Gasteiger partial charge is 0.332 e. The summed E-state index contributed by atoms with van der Waals surface area (Å²) in [6.07, 6.45) is 5.96. The summed E-state index contributed by atoms with van der Waals surface area (Å²) in [5.74, 6) is -0.195. The van der Waals surface area contributed by atoms with Crippen LogP contribution >= 0.6 is 23.2 Å². The van der Waals surface area contributed by atoms with Gasteiger partial charge < -0.3 is 9.47 Å². The van der Waals surface area contributed by atoms with Crippen LogP contribution in [-0.4, -0.2) is 26.5 Å². The topological polar surface area (TPSA) is 64.3 Å². The average molecular weight is 408 g/mol. The van der Waals surface area contributed by atoms with Gasteiger partial charge >= 0.3 is 5.69 Å². The predicted octanol–water partition coefficient (Wildman–Crippen LogP) is 2.77. The minimum atomic E-state index is -0.440. The number of rotatable bonds is 3. The molecule has 1 aromatic carbocycles. The zero-order valence-electron chi connectivity index (χ0n) is 15.0. The van der Waals surface area contributed by atoms with Crippen LogP contribution in [0.5, 0.6) is 0 Å². The lowest BCUT2D eigenvalue weighted by molar-refractivity contribution is -0.126. The summed E-state index contributed by atoms with van der Waals surface area (Å²) < 4.78 is 2.32. The molecule has 1 amide bonds. The van der Waals surface area contributed by atoms with Crippen molar-refractivity contribution in [1.29, 1.82) is 0 Å². The SMILES string of the molecule is Cn1cc(/C=C\C(=O)N2CCC[C@H]2c2ccc(Cl)c(Cl)c2)c(=O)n(C)c1=O. The maximum atomic E-state index is 12.7. The molecule has 1 aromatic heterocycles. The first kappa shape index (κ1) is 19.5. The number of aryl methyl sites for hydroxylation is 1. The van der Waals surface area contributed by atoms with E-state index in [0.717, 1.165) is 23.0 Å². The smallest absolute Gasteiger partial charge is 0.330 e. The lowest BCUT2D eigenvalue weighted by atomic mass is 10.0. The van der Waals surface area contributed by atoms with Gasteiger partial charge in [0.15, 0.2) is 0 Å². The van der Waals surface area contributed by atoms with Crippen molar-refractivity contribution in [2.45, 2.75) is 18.9 Å². The van der Waals surface area contributed by atoms with E-state index in [4.69, 9.17) is 23.2 Å². The first-order valence-electron chi connectivity index (χ1n) is 8.50. The summed E-state index contributed by atoms with van der Waals surface area (Å²) in [6, 6.07) is 5.30. The highest BCUT2D eigenvalue weighted by Crippen LogP contribution is 2.35. The Balaban J connectivity index is 1.85. The summed E-state index contributed by atoms with van der Waals surface area (Å²) in [5.41, 5.74) is 0.354. The van der Waals surface area contributed by atoms with Crippen molar-refractivity contribution in [2.24, 2.45) is 14.1 Å². The Morgan fingerprint density at radius 3 is 2.63 bits per heavy atom. The van der Waals surface area contributed by atoms with Crippen molar-refractivity contribution in [2.75, 3.05) is 6.54 Å². The van der Waals surface area contributed by atoms with E-state index in [1.807, 2.05) is 6.07 Å². The molecule has 6 nitrogen and oxygen atoms in total. The molecule has 0 unspecified atom stereocenters. The van der Waals surface area contributed by atoms with E-state index in [-0.39, 0.29) is 17.5 Å². The fourth-order valence-electron chi connectivity index (χ4n) is 3.30. The minimum Gasteiger partial charge on any atom is -0.332 e. The minimum absolute atomic E-state index is 0.0834. The molecule has 1 aliphatic heterocycles. The van der Waals surface area contributed by atoms with Gasteiger partial charge in [-0.25, -0.2) is 4.79 Å². The Labute approximate surface area is 166 Å². The molecule has 142 valence electrons. The standard InChI is InChI=1S/C19H19Cl2N3O3/c1-22-11-13(18(26)23(2)19(22)27)6-8-17(25)24-9-3-4-16(24)12-5-7-14(20)15(21)10-12/h5-8,10-11,16H,3-4,9H2,1-2H3/b8-6-/t16-/m0/s1. The zero-order valence-corrected chi connectivity index (χ0v) is 16.5. The number of aromatic nitrogens is 2. The molecule has 0 N–H and O–H groups in total. The third-order valence-corrected chi connectivity index (χ3v) is 5.48. The second-order valence-electron chi connectivity index (χ2n) is 6.54. The second-order valence-corrected chi connectivity index (χ2v) is 7.35. The number of halogens is 2. The Morgan fingerprint density at radius 2 is 1.93 bits per heavy atom. The van der Waals surface area contributed by atoms with Gasteiger partial charge in [-0.2, -0.15) is 0 Å². The molecule has 1 saturated heterocycles. The lowest BCUT2D eigenvalue weighted by Crippen LogP contribution is -2.37. The van der Waals surface area contributed by atoms with Crippen molar-refractivity contribution in [3.8, 4) is 0 Å². The molecule has 0 spiro atoms. The monoisotopic (exact) mass is 407 g/mol. The van der Waals surface area contributed by atoms with Crippen LogP contribution in [0.15, 0.2) is 40.1 Å². The van der Waals surface area contributed by atoms with Gasteiger partial charge in [0, 0.05) is 32.9 Å². The van der Waals surface area contributed by atoms with Crippen molar-refractivity contribution < 1.29 is 4.79 Å². The van der Waals surface area contributed by atoms with Crippen LogP contribution in [0.25, 0.3) is 6.08 Å². The number of benzene rings is 1. The highest BCUT2D eigenvalue weighted by Gasteiger charge is 2.29. The van der Waals surface area contributed by atoms with E-state index in [1.54, 1.807) is 24.1 Å². The Bertz CT molecular complexity index is 1040.